The molecule has 0 radical (unpaired) electrons. The molecule has 1 heterocycles. The number of rotatable bonds is 3. The Balaban J connectivity index is 3.29. The van der Waals surface area contributed by atoms with Gasteiger partial charge in [0.25, 0.3) is 0 Å². The van der Waals surface area contributed by atoms with Crippen LogP contribution in [0.4, 0.5) is 21.0 Å². The third-order valence-corrected chi connectivity index (χ3v) is 8.61. The first-order valence-electron chi connectivity index (χ1n) is 4.34. The normalized spacial score (nSPS) is 32.0. The highest BCUT2D eigenvalue weighted by molar-refractivity contribution is 7.83. The summed E-state index contributed by atoms with van der Waals surface area (Å²) in [6.07, 6.45) is 0. The van der Waals surface area contributed by atoms with E-state index in [1.165, 1.54) is 13.8 Å². The average molecular weight is 303 g/mol. The lowest BCUT2D eigenvalue weighted by Crippen LogP contribution is -2.18. The summed E-state index contributed by atoms with van der Waals surface area (Å²) in [7, 11) is -15.5. The molecule has 0 aromatic carbocycles. The molecule has 4 nitrogen and oxygen atoms in total. The molecule has 12 heteroatoms. The molecule has 0 spiro atoms. The van der Waals surface area contributed by atoms with E-state index >= 15 is 0 Å². The van der Waals surface area contributed by atoms with Gasteiger partial charge in [0.05, 0.1) is 0 Å². The molecule has 1 aliphatic heterocycles. The van der Waals surface area contributed by atoms with Gasteiger partial charge in [-0.15, -0.1) is 4.52 Å². The fourth-order valence-corrected chi connectivity index (χ4v) is 7.76. The number of hydrogen-bond donors (Lipinski definition) is 1. The van der Waals surface area contributed by atoms with E-state index in [4.69, 9.17) is 0 Å². The van der Waals surface area contributed by atoms with Crippen molar-refractivity contribution in [3.63, 3.8) is 0 Å². The molecule has 1 aliphatic rings. The van der Waals surface area contributed by atoms with E-state index in [1.807, 2.05) is 0 Å². The van der Waals surface area contributed by atoms with Gasteiger partial charge in [-0.05, 0) is 4.86 Å². The van der Waals surface area contributed by atoms with Gasteiger partial charge >= 0.3 is 23.7 Å². The van der Waals surface area contributed by atoms with E-state index in [0.29, 0.717) is 0 Å². The molecule has 0 saturated heterocycles. The molecule has 1 N–H and O–H groups in total. The molecule has 0 aromatic rings. The fraction of sp³-hybridized carbons (Fsp3) is 1.00. The third kappa shape index (κ3) is 3.23. The van der Waals surface area contributed by atoms with Crippen molar-refractivity contribution in [3.8, 4) is 0 Å². The fourth-order valence-electron chi connectivity index (χ4n) is 1.19. The number of halogens is 5. The van der Waals surface area contributed by atoms with Crippen LogP contribution in [0.3, 0.4) is 0 Å². The smallest absolute Gasteiger partial charge is 0.224 e. The quantitative estimate of drug-likeness (QED) is 0.564. The van der Waals surface area contributed by atoms with Gasteiger partial charge in [0, 0.05) is 26.0 Å². The van der Waals surface area contributed by atoms with Crippen molar-refractivity contribution in [3.05, 3.63) is 0 Å². The lowest BCUT2D eigenvalue weighted by Gasteiger charge is -2.25. The maximum absolute atomic E-state index is 14.0. The lowest BCUT2D eigenvalue weighted by molar-refractivity contribution is 0.472. The summed E-state index contributed by atoms with van der Waals surface area (Å²) >= 11 is 0. The standard InChI is InChI=1S/C4H11F5N4P3/c1-3-13(4-2)16(9)11-14(5,6)10-15(7,8)12-16/h10H,3-4H2,1-2H3/q+1. The molecule has 0 bridgehead atoms. The monoisotopic (exact) mass is 303 g/mol. The summed E-state index contributed by atoms with van der Waals surface area (Å²) in [4.78, 5) is 0.774. The van der Waals surface area contributed by atoms with Crippen molar-refractivity contribution in [2.75, 3.05) is 13.1 Å². The largest absolute Gasteiger partial charge is 0.596 e. The molecule has 0 aliphatic carbocycles. The molecular weight excluding hydrogens is 292 g/mol. The van der Waals surface area contributed by atoms with Gasteiger partial charge in [-0.3, -0.25) is 0 Å². The first-order chi connectivity index (χ1) is 7.14. The minimum Gasteiger partial charge on any atom is -0.224 e. The van der Waals surface area contributed by atoms with Gasteiger partial charge in [-0.1, -0.05) is 13.8 Å². The van der Waals surface area contributed by atoms with Crippen molar-refractivity contribution in [1.82, 2.24) is 9.53 Å². The maximum atomic E-state index is 14.0. The Labute approximate surface area is 90.9 Å². The van der Waals surface area contributed by atoms with E-state index in [-0.39, 0.29) is 13.1 Å². The Morgan fingerprint density at radius 2 is 1.69 bits per heavy atom. The summed E-state index contributed by atoms with van der Waals surface area (Å²) in [6, 6.07) is 0. The van der Waals surface area contributed by atoms with Gasteiger partial charge < -0.3 is 0 Å². The second-order valence-corrected chi connectivity index (χ2v) is 8.60. The van der Waals surface area contributed by atoms with Gasteiger partial charge in [0.15, 0.2) is 0 Å². The zero-order valence-corrected chi connectivity index (χ0v) is 11.2. The summed E-state index contributed by atoms with van der Waals surface area (Å²) < 4.78 is 71.7. The van der Waals surface area contributed by atoms with Gasteiger partial charge in [-0.2, -0.15) is 12.6 Å². The first-order valence-corrected chi connectivity index (χ1v) is 8.92. The minimum atomic E-state index is -5.45. The summed E-state index contributed by atoms with van der Waals surface area (Å²) in [5, 5.41) is 0. The van der Waals surface area contributed by atoms with Crippen LogP contribution >= 0.6 is 23.7 Å². The van der Waals surface area contributed by atoms with Crippen LogP contribution in [0.5, 0.6) is 0 Å². The van der Waals surface area contributed by atoms with E-state index in [9.17, 15) is 21.0 Å². The number of nitrogens with zero attached hydrogens (tertiary/aromatic N) is 3. The molecule has 1 unspecified atom stereocenters. The molecule has 16 heavy (non-hydrogen) atoms. The van der Waals surface area contributed by atoms with Crippen LogP contribution in [0, 0.1) is 0 Å². The van der Waals surface area contributed by atoms with Crippen molar-refractivity contribution >= 4 is 23.7 Å². The Bertz CT molecular complexity index is 374. The second kappa shape index (κ2) is 4.62. The number of nitrogens with one attached hydrogen (secondary N) is 1. The molecule has 0 aromatic heterocycles. The predicted molar refractivity (Wildman–Crippen MR) is 57.2 cm³/mol. The summed E-state index contributed by atoms with van der Waals surface area (Å²) in [5.41, 5.74) is 0. The lowest BCUT2D eigenvalue weighted by atomic mass is 10.7. The molecular formula is C4H11F5N4P3+. The molecule has 0 saturated carbocycles. The Morgan fingerprint density at radius 1 is 1.19 bits per heavy atom. The highest BCUT2D eigenvalue weighted by atomic mass is 31.3. The molecule has 1 rings (SSSR count). The van der Waals surface area contributed by atoms with Crippen LogP contribution in [0.1, 0.15) is 13.8 Å². The third-order valence-electron chi connectivity index (χ3n) is 1.78. The van der Waals surface area contributed by atoms with Crippen LogP contribution in [-0.2, 0) is 0 Å². The van der Waals surface area contributed by atoms with E-state index in [2.05, 4.69) is 9.03 Å². The van der Waals surface area contributed by atoms with Crippen LogP contribution in [-0.4, -0.2) is 17.8 Å². The van der Waals surface area contributed by atoms with Gasteiger partial charge in [-0.25, -0.2) is 4.67 Å². The molecule has 96 valence electrons. The highest BCUT2D eigenvalue weighted by Crippen LogP contribution is 2.83. The first kappa shape index (κ1) is 14.5. The van der Waals surface area contributed by atoms with E-state index in [1.54, 1.807) is 0 Å². The van der Waals surface area contributed by atoms with Crippen molar-refractivity contribution in [2.24, 2.45) is 9.03 Å². The SMILES string of the molecule is CCN(CC)P1(F)=N[P+](F)(F)NP(F)(F)=N1. The second-order valence-electron chi connectivity index (χ2n) is 2.88. The van der Waals surface area contributed by atoms with Crippen LogP contribution in [0.25, 0.3) is 0 Å². The van der Waals surface area contributed by atoms with Gasteiger partial charge in [0.1, 0.15) is 0 Å². The van der Waals surface area contributed by atoms with E-state index in [0.717, 1.165) is 9.53 Å². The summed E-state index contributed by atoms with van der Waals surface area (Å²) in [5.74, 6) is 0. The van der Waals surface area contributed by atoms with Crippen LogP contribution < -0.4 is 4.86 Å². The zero-order valence-electron chi connectivity index (χ0n) is 8.49. The molecule has 1 atom stereocenters. The summed E-state index contributed by atoms with van der Waals surface area (Å²) in [6.45, 7) is 2.97. The minimum absolute atomic E-state index is 0.00772. The highest BCUT2D eigenvalue weighted by Gasteiger charge is 2.58. The van der Waals surface area contributed by atoms with Gasteiger partial charge in [0.2, 0.25) is 0 Å². The van der Waals surface area contributed by atoms with Crippen molar-refractivity contribution < 1.29 is 21.0 Å². The zero-order chi connectivity index (χ0) is 12.6. The van der Waals surface area contributed by atoms with Crippen molar-refractivity contribution in [1.29, 1.82) is 0 Å². The predicted octanol–water partition coefficient (Wildman–Crippen LogP) is 5.35. The number of hydrogen-bond acceptors (Lipinski definition) is 4. The molecule has 0 fully saturated rings. The topological polar surface area (TPSA) is 40.0 Å². The maximum Gasteiger partial charge on any atom is 0.596 e. The van der Waals surface area contributed by atoms with E-state index < -0.39 is 23.7 Å². The van der Waals surface area contributed by atoms with Crippen LogP contribution in [0.2, 0.25) is 0 Å². The molecule has 0 amide bonds. The Kier molecular flexibility index (Phi) is 4.19. The average Bonchev–Trinajstić information content (AvgIpc) is 1.97. The Morgan fingerprint density at radius 3 is 2.06 bits per heavy atom. The Hall–Kier alpha value is 0.460. The van der Waals surface area contributed by atoms with Crippen LogP contribution in [0.15, 0.2) is 9.03 Å². The van der Waals surface area contributed by atoms with Crippen molar-refractivity contribution in [2.45, 2.75) is 13.8 Å².